The molecule has 0 amide bonds. The van der Waals surface area contributed by atoms with E-state index in [1.807, 2.05) is 38.5 Å². The number of fused-ring (bicyclic) bond motifs is 2. The van der Waals surface area contributed by atoms with E-state index in [-0.39, 0.29) is 0 Å². The molecule has 0 unspecified atom stereocenters. The second-order valence-electron chi connectivity index (χ2n) is 4.74. The van der Waals surface area contributed by atoms with E-state index in [1.165, 1.54) is 0 Å². The summed E-state index contributed by atoms with van der Waals surface area (Å²) in [5, 5.41) is 8.22. The van der Waals surface area contributed by atoms with Crippen molar-refractivity contribution in [2.24, 2.45) is 0 Å². The standard InChI is InChI=1S/C14H13N7/c1-8-18-13(15-2)12-9(7-16-14(12)19-8)10-4-6-21-11(20-10)3-5-17-21/h3-7H,1-2H3,(H2,15,16,18,19). The summed E-state index contributed by atoms with van der Waals surface area (Å²) in [5.74, 6) is 1.52. The van der Waals surface area contributed by atoms with Crippen LogP contribution in [0.1, 0.15) is 5.82 Å². The van der Waals surface area contributed by atoms with Gasteiger partial charge in [-0.1, -0.05) is 0 Å². The lowest BCUT2D eigenvalue weighted by molar-refractivity contribution is 0.941. The van der Waals surface area contributed by atoms with Crippen molar-refractivity contribution in [3.8, 4) is 11.3 Å². The van der Waals surface area contributed by atoms with E-state index >= 15 is 0 Å². The maximum Gasteiger partial charge on any atom is 0.155 e. The molecular formula is C14H13N7. The third-order valence-corrected chi connectivity index (χ3v) is 3.41. The van der Waals surface area contributed by atoms with Gasteiger partial charge in [-0.15, -0.1) is 0 Å². The van der Waals surface area contributed by atoms with E-state index in [0.717, 1.165) is 39.6 Å². The topological polar surface area (TPSA) is 83.8 Å². The molecule has 7 nitrogen and oxygen atoms in total. The zero-order valence-electron chi connectivity index (χ0n) is 11.6. The second-order valence-corrected chi connectivity index (χ2v) is 4.74. The van der Waals surface area contributed by atoms with Crippen molar-refractivity contribution in [1.29, 1.82) is 0 Å². The summed E-state index contributed by atoms with van der Waals surface area (Å²) in [6, 6.07) is 3.81. The fourth-order valence-corrected chi connectivity index (χ4v) is 2.49. The number of aromatic nitrogens is 6. The lowest BCUT2D eigenvalue weighted by Gasteiger charge is -2.05. The van der Waals surface area contributed by atoms with Crippen LogP contribution in [0.15, 0.2) is 30.7 Å². The number of hydrogen-bond donors (Lipinski definition) is 2. The van der Waals surface area contributed by atoms with Gasteiger partial charge in [0.1, 0.15) is 17.3 Å². The number of hydrogen-bond acceptors (Lipinski definition) is 5. The van der Waals surface area contributed by atoms with Crippen LogP contribution >= 0.6 is 0 Å². The van der Waals surface area contributed by atoms with Crippen LogP contribution in [-0.4, -0.2) is 36.6 Å². The molecule has 0 aliphatic rings. The fraction of sp³-hybridized carbons (Fsp3) is 0.143. The molecule has 0 aliphatic carbocycles. The van der Waals surface area contributed by atoms with Crippen molar-refractivity contribution < 1.29 is 0 Å². The average molecular weight is 279 g/mol. The van der Waals surface area contributed by atoms with Gasteiger partial charge in [-0.05, 0) is 13.0 Å². The van der Waals surface area contributed by atoms with Crippen molar-refractivity contribution >= 4 is 22.5 Å². The third-order valence-electron chi connectivity index (χ3n) is 3.41. The molecule has 0 aliphatic heterocycles. The zero-order chi connectivity index (χ0) is 14.4. The first-order valence-corrected chi connectivity index (χ1v) is 6.60. The van der Waals surface area contributed by atoms with Gasteiger partial charge < -0.3 is 10.3 Å². The molecule has 0 aromatic carbocycles. The van der Waals surface area contributed by atoms with Crippen LogP contribution in [0.25, 0.3) is 27.9 Å². The highest BCUT2D eigenvalue weighted by atomic mass is 15.2. The van der Waals surface area contributed by atoms with Gasteiger partial charge >= 0.3 is 0 Å². The molecule has 7 heteroatoms. The molecule has 4 rings (SSSR count). The normalized spacial score (nSPS) is 11.3. The van der Waals surface area contributed by atoms with Crippen LogP contribution in [0.5, 0.6) is 0 Å². The highest BCUT2D eigenvalue weighted by molar-refractivity contribution is 6.00. The molecule has 0 fully saturated rings. The number of anilines is 1. The SMILES string of the molecule is CNc1nc(C)nc2[nH]cc(-c3ccn4nccc4n3)c12. The molecule has 21 heavy (non-hydrogen) atoms. The molecule has 0 bridgehead atoms. The average Bonchev–Trinajstić information content (AvgIpc) is 3.11. The maximum atomic E-state index is 4.62. The molecule has 0 saturated heterocycles. The Bertz CT molecular complexity index is 950. The van der Waals surface area contributed by atoms with Crippen LogP contribution in [-0.2, 0) is 0 Å². The van der Waals surface area contributed by atoms with Crippen molar-refractivity contribution in [3.05, 3.63) is 36.5 Å². The Balaban J connectivity index is 2.01. The van der Waals surface area contributed by atoms with Crippen molar-refractivity contribution in [2.45, 2.75) is 6.92 Å². The van der Waals surface area contributed by atoms with E-state index in [9.17, 15) is 0 Å². The number of aromatic amines is 1. The fourth-order valence-electron chi connectivity index (χ4n) is 2.49. The summed E-state index contributed by atoms with van der Waals surface area (Å²) >= 11 is 0. The van der Waals surface area contributed by atoms with Crippen molar-refractivity contribution in [2.75, 3.05) is 12.4 Å². The van der Waals surface area contributed by atoms with E-state index < -0.39 is 0 Å². The molecule has 0 atom stereocenters. The number of rotatable bonds is 2. The molecule has 0 spiro atoms. The molecule has 4 heterocycles. The molecule has 104 valence electrons. The zero-order valence-corrected chi connectivity index (χ0v) is 11.6. The number of nitrogens with zero attached hydrogens (tertiary/aromatic N) is 5. The van der Waals surface area contributed by atoms with Gasteiger partial charge in [-0.2, -0.15) is 5.10 Å². The van der Waals surface area contributed by atoms with Crippen LogP contribution in [0.2, 0.25) is 0 Å². The van der Waals surface area contributed by atoms with Crippen molar-refractivity contribution in [1.82, 2.24) is 29.5 Å². The van der Waals surface area contributed by atoms with Gasteiger partial charge in [-0.3, -0.25) is 0 Å². The summed E-state index contributed by atoms with van der Waals surface area (Å²) in [7, 11) is 1.85. The molecular weight excluding hydrogens is 266 g/mol. The minimum Gasteiger partial charge on any atom is -0.372 e. The summed E-state index contributed by atoms with van der Waals surface area (Å²) in [5.41, 5.74) is 3.44. The van der Waals surface area contributed by atoms with Gasteiger partial charge in [0.2, 0.25) is 0 Å². The number of aryl methyl sites for hydroxylation is 1. The molecule has 2 N–H and O–H groups in total. The Kier molecular flexibility index (Phi) is 2.41. The lowest BCUT2D eigenvalue weighted by atomic mass is 10.1. The highest BCUT2D eigenvalue weighted by Crippen LogP contribution is 2.31. The second kappa shape index (κ2) is 4.27. The van der Waals surface area contributed by atoms with Crippen LogP contribution in [0.3, 0.4) is 0 Å². The quantitative estimate of drug-likeness (QED) is 0.586. The summed E-state index contributed by atoms with van der Waals surface area (Å²) in [6.07, 6.45) is 5.53. The molecule has 4 aromatic heterocycles. The van der Waals surface area contributed by atoms with Crippen LogP contribution < -0.4 is 5.32 Å². The molecule has 4 aromatic rings. The highest BCUT2D eigenvalue weighted by Gasteiger charge is 2.14. The van der Waals surface area contributed by atoms with E-state index in [4.69, 9.17) is 0 Å². The smallest absolute Gasteiger partial charge is 0.155 e. The van der Waals surface area contributed by atoms with Crippen LogP contribution in [0, 0.1) is 6.92 Å². The maximum absolute atomic E-state index is 4.62. The Morgan fingerprint density at radius 3 is 2.95 bits per heavy atom. The Labute approximate surface area is 120 Å². The van der Waals surface area contributed by atoms with Gasteiger partial charge in [0.05, 0.1) is 17.3 Å². The third kappa shape index (κ3) is 1.74. The Hall–Kier alpha value is -2.96. The van der Waals surface area contributed by atoms with E-state index in [0.29, 0.717) is 0 Å². The van der Waals surface area contributed by atoms with Gasteiger partial charge in [0, 0.05) is 31.1 Å². The van der Waals surface area contributed by atoms with E-state index in [2.05, 4.69) is 30.4 Å². The minimum absolute atomic E-state index is 0.722. The monoisotopic (exact) mass is 279 g/mol. The summed E-state index contributed by atoms with van der Waals surface area (Å²) in [4.78, 5) is 16.7. The Morgan fingerprint density at radius 2 is 2.10 bits per heavy atom. The van der Waals surface area contributed by atoms with Gasteiger partial charge in [0.15, 0.2) is 5.65 Å². The van der Waals surface area contributed by atoms with Gasteiger partial charge in [0.25, 0.3) is 0 Å². The predicted octanol–water partition coefficient (Wildman–Crippen LogP) is 2.02. The minimum atomic E-state index is 0.722. The number of nitrogens with one attached hydrogen (secondary N) is 2. The number of H-pyrrole nitrogens is 1. The van der Waals surface area contributed by atoms with Crippen molar-refractivity contribution in [3.63, 3.8) is 0 Å². The first-order valence-electron chi connectivity index (χ1n) is 6.60. The molecule has 0 radical (unpaired) electrons. The molecule has 0 saturated carbocycles. The van der Waals surface area contributed by atoms with Gasteiger partial charge in [-0.25, -0.2) is 19.5 Å². The first-order chi connectivity index (χ1) is 10.3. The first kappa shape index (κ1) is 11.8. The largest absolute Gasteiger partial charge is 0.372 e. The summed E-state index contributed by atoms with van der Waals surface area (Å²) in [6.45, 7) is 1.87. The van der Waals surface area contributed by atoms with Crippen LogP contribution in [0.4, 0.5) is 5.82 Å². The summed E-state index contributed by atoms with van der Waals surface area (Å²) < 4.78 is 1.73. The van der Waals surface area contributed by atoms with E-state index in [1.54, 1.807) is 10.7 Å². The predicted molar refractivity (Wildman–Crippen MR) is 80.2 cm³/mol. The Morgan fingerprint density at radius 1 is 1.19 bits per heavy atom. The lowest BCUT2D eigenvalue weighted by Crippen LogP contribution is -1.98.